The minimum atomic E-state index is -1.06. The summed E-state index contributed by atoms with van der Waals surface area (Å²) in [6.45, 7) is 3.86. The number of pyridine rings is 1. The molecule has 0 spiro atoms. The zero-order chi connectivity index (χ0) is 13.3. The van der Waals surface area contributed by atoms with E-state index >= 15 is 0 Å². The van der Waals surface area contributed by atoms with Crippen molar-refractivity contribution in [2.24, 2.45) is 0 Å². The minimum Gasteiger partial charge on any atom is -0.478 e. The molecule has 0 aromatic carbocycles. The van der Waals surface area contributed by atoms with E-state index in [0.29, 0.717) is 10.8 Å². The summed E-state index contributed by atoms with van der Waals surface area (Å²) in [6, 6.07) is 1.32. The van der Waals surface area contributed by atoms with Gasteiger partial charge in [0.2, 0.25) is 0 Å². The second kappa shape index (κ2) is 4.61. The molecule has 2 aromatic heterocycles. The van der Waals surface area contributed by atoms with Crippen LogP contribution < -0.4 is 11.1 Å². The lowest BCUT2D eigenvalue weighted by Gasteiger charge is -2.06. The smallest absolute Gasteiger partial charge is 0.338 e. The minimum absolute atomic E-state index is 0.0769. The predicted molar refractivity (Wildman–Crippen MR) is 70.5 cm³/mol. The van der Waals surface area contributed by atoms with Crippen molar-refractivity contribution in [2.75, 3.05) is 11.1 Å². The number of nitrogens with one attached hydrogen (secondary N) is 1. The zero-order valence-corrected chi connectivity index (χ0v) is 10.7. The molecule has 7 heteroatoms. The summed E-state index contributed by atoms with van der Waals surface area (Å²) in [5.41, 5.74) is 6.85. The highest BCUT2D eigenvalue weighted by Gasteiger charge is 2.13. The van der Waals surface area contributed by atoms with Gasteiger partial charge in [0.15, 0.2) is 5.13 Å². The van der Waals surface area contributed by atoms with E-state index in [0.717, 1.165) is 10.6 Å². The van der Waals surface area contributed by atoms with Gasteiger partial charge in [-0.15, -0.1) is 11.3 Å². The first-order chi connectivity index (χ1) is 8.47. The number of nitrogen functional groups attached to an aromatic ring is 1. The molecule has 0 aliphatic heterocycles. The van der Waals surface area contributed by atoms with Crippen LogP contribution in [0.1, 0.15) is 20.9 Å². The molecule has 0 amide bonds. The van der Waals surface area contributed by atoms with E-state index in [1.54, 1.807) is 0 Å². The van der Waals surface area contributed by atoms with Gasteiger partial charge < -0.3 is 16.2 Å². The first-order valence-corrected chi connectivity index (χ1v) is 5.99. The van der Waals surface area contributed by atoms with Gasteiger partial charge in [-0.05, 0) is 19.9 Å². The van der Waals surface area contributed by atoms with Crippen LogP contribution in [0.15, 0.2) is 12.3 Å². The summed E-state index contributed by atoms with van der Waals surface area (Å²) in [6.07, 6.45) is 1.39. The fraction of sp³-hybridized carbons (Fsp3) is 0.182. The second-order valence-electron chi connectivity index (χ2n) is 3.75. The van der Waals surface area contributed by atoms with E-state index < -0.39 is 5.97 Å². The van der Waals surface area contributed by atoms with Crippen LogP contribution >= 0.6 is 11.3 Å². The first-order valence-electron chi connectivity index (χ1n) is 5.17. The van der Waals surface area contributed by atoms with E-state index in [4.69, 9.17) is 10.8 Å². The Labute approximate surface area is 108 Å². The molecular weight excluding hydrogens is 252 g/mol. The van der Waals surface area contributed by atoms with E-state index in [1.165, 1.54) is 23.6 Å². The first kappa shape index (κ1) is 12.3. The molecule has 6 nitrogen and oxygen atoms in total. The van der Waals surface area contributed by atoms with Gasteiger partial charge in [0, 0.05) is 4.88 Å². The molecule has 0 aliphatic rings. The topological polar surface area (TPSA) is 101 Å². The third-order valence-corrected chi connectivity index (χ3v) is 3.41. The van der Waals surface area contributed by atoms with Crippen molar-refractivity contribution in [1.29, 1.82) is 0 Å². The van der Waals surface area contributed by atoms with Gasteiger partial charge in [-0.1, -0.05) is 0 Å². The number of rotatable bonds is 3. The number of aromatic nitrogens is 2. The quantitative estimate of drug-likeness (QED) is 0.785. The Hall–Kier alpha value is -2.15. The van der Waals surface area contributed by atoms with E-state index in [1.807, 2.05) is 13.8 Å². The van der Waals surface area contributed by atoms with Crippen LogP contribution in [0.5, 0.6) is 0 Å². The molecule has 94 valence electrons. The molecule has 0 unspecified atom stereocenters. The number of nitrogens with zero attached hydrogens (tertiary/aromatic N) is 2. The average molecular weight is 264 g/mol. The van der Waals surface area contributed by atoms with Gasteiger partial charge in [0.25, 0.3) is 0 Å². The third-order valence-electron chi connectivity index (χ3n) is 2.43. The Kier molecular flexibility index (Phi) is 3.15. The van der Waals surface area contributed by atoms with Crippen molar-refractivity contribution >= 4 is 33.9 Å². The molecule has 0 fully saturated rings. The number of carboxylic acids is 1. The molecule has 0 atom stereocenters. The SMILES string of the molecule is Cc1nc(Nc2cnc(N)cc2C(=O)O)sc1C. The van der Waals surface area contributed by atoms with Crippen molar-refractivity contribution in [3.63, 3.8) is 0 Å². The molecule has 0 saturated heterocycles. The molecular formula is C11H12N4O2S. The molecule has 4 N–H and O–H groups in total. The Morgan fingerprint density at radius 2 is 2.22 bits per heavy atom. The van der Waals surface area contributed by atoms with Crippen LogP contribution in [0.4, 0.5) is 16.6 Å². The summed E-state index contributed by atoms with van der Waals surface area (Å²) in [5, 5.41) is 12.7. The van der Waals surface area contributed by atoms with E-state index in [-0.39, 0.29) is 11.4 Å². The standard InChI is InChI=1S/C11H12N4O2S/c1-5-6(2)18-11(14-5)15-8-4-13-9(12)3-7(8)10(16)17/h3-4H,1-2H3,(H2,12,13)(H,14,15)(H,16,17). The van der Waals surface area contributed by atoms with Crippen LogP contribution in [0.3, 0.4) is 0 Å². The summed E-state index contributed by atoms with van der Waals surface area (Å²) in [4.78, 5) is 20.3. The fourth-order valence-electron chi connectivity index (χ4n) is 1.39. The Balaban J connectivity index is 2.36. The number of aromatic carboxylic acids is 1. The summed E-state index contributed by atoms with van der Waals surface area (Å²) in [7, 11) is 0. The number of thiazole rings is 1. The maximum Gasteiger partial charge on any atom is 0.338 e. The number of nitrogens with two attached hydrogens (primary N) is 1. The zero-order valence-electron chi connectivity index (χ0n) is 9.89. The Morgan fingerprint density at radius 3 is 2.78 bits per heavy atom. The molecule has 18 heavy (non-hydrogen) atoms. The van der Waals surface area contributed by atoms with Crippen LogP contribution in [-0.2, 0) is 0 Å². The number of anilines is 3. The maximum atomic E-state index is 11.1. The van der Waals surface area contributed by atoms with Gasteiger partial charge in [-0.2, -0.15) is 0 Å². The van der Waals surface area contributed by atoms with Crippen molar-refractivity contribution in [1.82, 2.24) is 9.97 Å². The van der Waals surface area contributed by atoms with Gasteiger partial charge in [-0.3, -0.25) is 0 Å². The monoisotopic (exact) mass is 264 g/mol. The number of aryl methyl sites for hydroxylation is 2. The van der Waals surface area contributed by atoms with Crippen LogP contribution in [0.2, 0.25) is 0 Å². The molecule has 2 heterocycles. The van der Waals surface area contributed by atoms with Gasteiger partial charge in [0.1, 0.15) is 5.82 Å². The molecule has 2 rings (SSSR count). The summed E-state index contributed by atoms with van der Waals surface area (Å²) in [5.74, 6) is -0.888. The van der Waals surface area contributed by atoms with Crippen LogP contribution in [0.25, 0.3) is 0 Å². The largest absolute Gasteiger partial charge is 0.478 e. The molecule has 0 saturated carbocycles. The Morgan fingerprint density at radius 1 is 1.50 bits per heavy atom. The maximum absolute atomic E-state index is 11.1. The highest BCUT2D eigenvalue weighted by molar-refractivity contribution is 7.15. The highest BCUT2D eigenvalue weighted by Crippen LogP contribution is 2.26. The lowest BCUT2D eigenvalue weighted by Crippen LogP contribution is -2.05. The number of hydrogen-bond acceptors (Lipinski definition) is 6. The van der Waals surface area contributed by atoms with Crippen LogP contribution in [0, 0.1) is 13.8 Å². The van der Waals surface area contributed by atoms with Gasteiger partial charge in [0.05, 0.1) is 23.1 Å². The number of carboxylic acid groups (broad SMARTS) is 1. The van der Waals surface area contributed by atoms with Gasteiger partial charge >= 0.3 is 5.97 Å². The average Bonchev–Trinajstić information content (AvgIpc) is 2.60. The van der Waals surface area contributed by atoms with E-state index in [9.17, 15) is 4.79 Å². The second-order valence-corrected chi connectivity index (χ2v) is 4.95. The number of carbonyl (C=O) groups is 1. The summed E-state index contributed by atoms with van der Waals surface area (Å²) < 4.78 is 0. The fourth-order valence-corrected chi connectivity index (χ4v) is 2.22. The molecule has 2 aromatic rings. The molecule has 0 bridgehead atoms. The lowest BCUT2D eigenvalue weighted by molar-refractivity contribution is 0.0698. The van der Waals surface area contributed by atoms with Crippen molar-refractivity contribution < 1.29 is 9.90 Å². The molecule has 0 aliphatic carbocycles. The highest BCUT2D eigenvalue weighted by atomic mass is 32.1. The lowest BCUT2D eigenvalue weighted by atomic mass is 10.2. The normalized spacial score (nSPS) is 10.3. The Bertz CT molecular complexity index is 590. The van der Waals surface area contributed by atoms with Crippen molar-refractivity contribution in [2.45, 2.75) is 13.8 Å². The summed E-state index contributed by atoms with van der Waals surface area (Å²) >= 11 is 1.46. The van der Waals surface area contributed by atoms with Crippen molar-refractivity contribution in [3.05, 3.63) is 28.4 Å². The van der Waals surface area contributed by atoms with Gasteiger partial charge in [-0.25, -0.2) is 14.8 Å². The number of hydrogen-bond donors (Lipinski definition) is 3. The molecule has 0 radical (unpaired) electrons. The van der Waals surface area contributed by atoms with Crippen molar-refractivity contribution in [3.8, 4) is 0 Å². The van der Waals surface area contributed by atoms with Crippen LogP contribution in [-0.4, -0.2) is 21.0 Å². The van der Waals surface area contributed by atoms with E-state index in [2.05, 4.69) is 15.3 Å². The predicted octanol–water partition coefficient (Wildman–Crippen LogP) is 2.18. The third kappa shape index (κ3) is 2.40.